The summed E-state index contributed by atoms with van der Waals surface area (Å²) >= 11 is 0. The number of ether oxygens (including phenoxy) is 2. The van der Waals surface area contributed by atoms with Crippen LogP contribution in [-0.2, 0) is 4.74 Å². The van der Waals surface area contributed by atoms with Crippen LogP contribution in [0, 0.1) is 5.92 Å². The van der Waals surface area contributed by atoms with Gasteiger partial charge in [0.1, 0.15) is 24.2 Å². The molecule has 0 radical (unpaired) electrons. The first-order chi connectivity index (χ1) is 14.0. The first-order valence-corrected chi connectivity index (χ1v) is 9.97. The van der Waals surface area contributed by atoms with Gasteiger partial charge in [0.15, 0.2) is 0 Å². The van der Waals surface area contributed by atoms with Gasteiger partial charge in [0, 0.05) is 6.20 Å². The molecule has 1 amide bonds. The summed E-state index contributed by atoms with van der Waals surface area (Å²) < 4.78 is 10.8. The molecule has 2 fully saturated rings. The summed E-state index contributed by atoms with van der Waals surface area (Å²) in [5.41, 5.74) is 1.07. The van der Waals surface area contributed by atoms with Crippen LogP contribution in [0.5, 0.6) is 5.75 Å². The summed E-state index contributed by atoms with van der Waals surface area (Å²) in [5, 5.41) is 13.2. The molecule has 1 aromatic carbocycles. The molecular formula is C21H26N4O4. The van der Waals surface area contributed by atoms with E-state index < -0.39 is 18.2 Å². The molecule has 8 heteroatoms. The van der Waals surface area contributed by atoms with Gasteiger partial charge in [0.05, 0.1) is 18.8 Å². The monoisotopic (exact) mass is 398 g/mol. The molecule has 1 aliphatic carbocycles. The van der Waals surface area contributed by atoms with Gasteiger partial charge >= 0.3 is 6.09 Å². The topological polar surface area (TPSA) is 96.8 Å². The predicted molar refractivity (Wildman–Crippen MR) is 108 cm³/mol. The van der Waals surface area contributed by atoms with Crippen LogP contribution in [0.25, 0.3) is 0 Å². The quantitative estimate of drug-likeness (QED) is 0.705. The molecule has 1 aromatic heterocycles. The van der Waals surface area contributed by atoms with E-state index in [9.17, 15) is 9.90 Å². The molecule has 8 nitrogen and oxygen atoms in total. The zero-order chi connectivity index (χ0) is 20.4. The molecule has 4 rings (SSSR count). The van der Waals surface area contributed by atoms with Crippen molar-refractivity contribution in [3.63, 3.8) is 0 Å². The number of hydrogen-bond acceptors (Lipinski definition) is 7. The number of amides is 1. The second kappa shape index (κ2) is 8.24. The number of nitrogens with one attached hydrogen (secondary N) is 1. The van der Waals surface area contributed by atoms with Crippen molar-refractivity contribution >= 4 is 17.9 Å². The molecule has 1 aliphatic heterocycles. The van der Waals surface area contributed by atoms with Crippen molar-refractivity contribution in [2.24, 2.45) is 5.92 Å². The third-order valence-electron chi connectivity index (χ3n) is 5.26. The van der Waals surface area contributed by atoms with E-state index in [1.807, 2.05) is 31.2 Å². The Hall–Kier alpha value is -2.87. The molecule has 2 aliphatic rings. The van der Waals surface area contributed by atoms with Gasteiger partial charge in [-0.25, -0.2) is 9.78 Å². The number of cyclic esters (lactones) is 1. The number of aliphatic hydroxyl groups is 1. The highest BCUT2D eigenvalue weighted by atomic mass is 16.6. The number of nitrogens with zero attached hydrogens (tertiary/aromatic N) is 3. The first-order valence-electron chi connectivity index (χ1n) is 9.97. The minimum absolute atomic E-state index is 0.0409. The van der Waals surface area contributed by atoms with Gasteiger partial charge in [-0.3, -0.25) is 4.90 Å². The van der Waals surface area contributed by atoms with Crippen molar-refractivity contribution in [2.45, 2.75) is 44.9 Å². The SMILES string of the molecule is C[C@H](Nc1nccc(N2C(=O)OCC2[C@@H](C)O)n1)c1ccc(OCC2CC2)cc1. The number of rotatable bonds is 8. The molecule has 1 unspecified atom stereocenters. The number of aromatic nitrogens is 2. The predicted octanol–water partition coefficient (Wildman–Crippen LogP) is 3.14. The van der Waals surface area contributed by atoms with Crippen LogP contribution < -0.4 is 15.0 Å². The average Bonchev–Trinajstić information content (AvgIpc) is 3.46. The Kier molecular flexibility index (Phi) is 5.53. The number of benzene rings is 1. The summed E-state index contributed by atoms with van der Waals surface area (Å²) in [7, 11) is 0. The second-order valence-electron chi connectivity index (χ2n) is 7.68. The zero-order valence-electron chi connectivity index (χ0n) is 16.6. The Morgan fingerprint density at radius 1 is 1.28 bits per heavy atom. The highest BCUT2D eigenvalue weighted by Gasteiger charge is 2.38. The summed E-state index contributed by atoms with van der Waals surface area (Å²) in [6.07, 6.45) is 2.87. The Morgan fingerprint density at radius 3 is 2.72 bits per heavy atom. The van der Waals surface area contributed by atoms with E-state index in [1.54, 1.807) is 19.2 Å². The highest BCUT2D eigenvalue weighted by molar-refractivity contribution is 5.89. The lowest BCUT2D eigenvalue weighted by atomic mass is 10.1. The molecule has 2 heterocycles. The van der Waals surface area contributed by atoms with Crippen LogP contribution in [0.1, 0.15) is 38.3 Å². The fraction of sp³-hybridized carbons (Fsp3) is 0.476. The molecule has 1 saturated carbocycles. The van der Waals surface area contributed by atoms with Gasteiger partial charge in [-0.2, -0.15) is 4.98 Å². The fourth-order valence-electron chi connectivity index (χ4n) is 3.24. The van der Waals surface area contributed by atoms with E-state index in [0.29, 0.717) is 11.8 Å². The molecule has 154 valence electrons. The van der Waals surface area contributed by atoms with Crippen LogP contribution in [0.3, 0.4) is 0 Å². The van der Waals surface area contributed by atoms with E-state index in [0.717, 1.165) is 23.8 Å². The summed E-state index contributed by atoms with van der Waals surface area (Å²) in [6.45, 7) is 4.56. The normalized spacial score (nSPS) is 20.9. The summed E-state index contributed by atoms with van der Waals surface area (Å²) in [6, 6.07) is 9.10. The fourth-order valence-corrected chi connectivity index (χ4v) is 3.24. The third kappa shape index (κ3) is 4.59. The maximum atomic E-state index is 12.1. The molecule has 29 heavy (non-hydrogen) atoms. The Labute approximate surface area is 169 Å². The summed E-state index contributed by atoms with van der Waals surface area (Å²) in [4.78, 5) is 22.1. The van der Waals surface area contributed by atoms with Crippen LogP contribution in [-0.4, -0.2) is 46.5 Å². The van der Waals surface area contributed by atoms with Crippen molar-refractivity contribution in [2.75, 3.05) is 23.4 Å². The van der Waals surface area contributed by atoms with Crippen LogP contribution >= 0.6 is 0 Å². The molecule has 3 atom stereocenters. The molecular weight excluding hydrogens is 372 g/mol. The van der Waals surface area contributed by atoms with Gasteiger partial charge < -0.3 is 19.9 Å². The van der Waals surface area contributed by atoms with Crippen molar-refractivity contribution < 1.29 is 19.4 Å². The first kappa shape index (κ1) is 19.4. The standard InChI is InChI=1S/C21H26N4O4/c1-13(16-5-7-17(8-6-16)28-11-15-3-4-15)23-20-22-10-9-19(24-20)25-18(14(2)26)12-29-21(25)27/h5-10,13-15,18,26H,3-4,11-12H2,1-2H3,(H,22,23,24)/t13-,14+,18?/m0/s1. The Morgan fingerprint density at radius 2 is 2.03 bits per heavy atom. The van der Waals surface area contributed by atoms with Gasteiger partial charge in [-0.15, -0.1) is 0 Å². The molecule has 2 aromatic rings. The lowest BCUT2D eigenvalue weighted by Gasteiger charge is -2.23. The Bertz CT molecular complexity index is 854. The van der Waals surface area contributed by atoms with Crippen LogP contribution in [0.2, 0.25) is 0 Å². The number of carbonyl (C=O) groups excluding carboxylic acids is 1. The maximum Gasteiger partial charge on any atom is 0.416 e. The minimum Gasteiger partial charge on any atom is -0.493 e. The van der Waals surface area contributed by atoms with Crippen LogP contribution in [0.15, 0.2) is 36.5 Å². The Balaban J connectivity index is 1.42. The van der Waals surface area contributed by atoms with Gasteiger partial charge in [-0.05, 0) is 56.4 Å². The van der Waals surface area contributed by atoms with E-state index in [2.05, 4.69) is 15.3 Å². The van der Waals surface area contributed by atoms with Gasteiger partial charge in [0.2, 0.25) is 5.95 Å². The number of hydrogen-bond donors (Lipinski definition) is 2. The van der Waals surface area contributed by atoms with E-state index in [-0.39, 0.29) is 12.6 Å². The smallest absolute Gasteiger partial charge is 0.416 e. The summed E-state index contributed by atoms with van der Waals surface area (Å²) in [5.74, 6) is 2.39. The van der Waals surface area contributed by atoms with E-state index >= 15 is 0 Å². The van der Waals surface area contributed by atoms with Gasteiger partial charge in [0.25, 0.3) is 0 Å². The van der Waals surface area contributed by atoms with Gasteiger partial charge in [-0.1, -0.05) is 12.1 Å². The number of anilines is 2. The molecule has 1 saturated heterocycles. The number of carbonyl (C=O) groups is 1. The zero-order valence-corrected chi connectivity index (χ0v) is 16.6. The average molecular weight is 398 g/mol. The lowest BCUT2D eigenvalue weighted by molar-refractivity contribution is 0.142. The van der Waals surface area contributed by atoms with Crippen molar-refractivity contribution in [1.82, 2.24) is 9.97 Å². The maximum absolute atomic E-state index is 12.1. The van der Waals surface area contributed by atoms with Crippen LogP contribution in [0.4, 0.5) is 16.6 Å². The van der Waals surface area contributed by atoms with E-state index in [1.165, 1.54) is 17.7 Å². The van der Waals surface area contributed by atoms with Crippen molar-refractivity contribution in [3.8, 4) is 5.75 Å². The van der Waals surface area contributed by atoms with E-state index in [4.69, 9.17) is 9.47 Å². The number of aliphatic hydroxyl groups excluding tert-OH is 1. The molecule has 2 N–H and O–H groups in total. The highest BCUT2D eigenvalue weighted by Crippen LogP contribution is 2.30. The van der Waals surface area contributed by atoms with Crippen molar-refractivity contribution in [3.05, 3.63) is 42.1 Å². The third-order valence-corrected chi connectivity index (χ3v) is 5.26. The van der Waals surface area contributed by atoms with Crippen molar-refractivity contribution in [1.29, 1.82) is 0 Å². The molecule has 0 bridgehead atoms. The lowest BCUT2D eigenvalue weighted by Crippen LogP contribution is -2.41. The largest absolute Gasteiger partial charge is 0.493 e. The second-order valence-corrected chi connectivity index (χ2v) is 7.68. The minimum atomic E-state index is -0.729. The molecule has 0 spiro atoms.